The van der Waals surface area contributed by atoms with E-state index in [1.165, 1.54) is 0 Å². The predicted octanol–water partition coefficient (Wildman–Crippen LogP) is 3.40. The molecule has 1 amide bonds. The zero-order valence-corrected chi connectivity index (χ0v) is 12.6. The molecule has 5 heteroatoms. The lowest BCUT2D eigenvalue weighted by molar-refractivity contribution is 0.0942. The van der Waals surface area contributed by atoms with E-state index in [0.717, 1.165) is 36.6 Å². The van der Waals surface area contributed by atoms with Gasteiger partial charge in [0, 0.05) is 29.0 Å². The Morgan fingerprint density at radius 3 is 3.05 bits per heavy atom. The molecule has 2 rings (SSSR count). The molecule has 104 valence electrons. The largest absolute Gasteiger partial charge is 0.384 e. The molecule has 1 aliphatic heterocycles. The van der Waals surface area contributed by atoms with Gasteiger partial charge < -0.3 is 10.6 Å². The second kappa shape index (κ2) is 7.06. The lowest BCUT2D eigenvalue weighted by atomic mass is 10.1. The van der Waals surface area contributed by atoms with E-state index in [0.29, 0.717) is 10.6 Å². The fourth-order valence-electron chi connectivity index (χ4n) is 2.03. The van der Waals surface area contributed by atoms with Gasteiger partial charge in [-0.3, -0.25) is 4.79 Å². The molecule has 0 aliphatic carbocycles. The van der Waals surface area contributed by atoms with Crippen molar-refractivity contribution >= 4 is 35.0 Å². The Balaban J connectivity index is 2.11. The van der Waals surface area contributed by atoms with Gasteiger partial charge in [-0.05, 0) is 36.8 Å². The topological polar surface area (TPSA) is 41.1 Å². The van der Waals surface area contributed by atoms with Crippen molar-refractivity contribution in [2.24, 2.45) is 0 Å². The number of amides is 1. The van der Waals surface area contributed by atoms with Crippen LogP contribution in [-0.4, -0.2) is 30.0 Å². The van der Waals surface area contributed by atoms with E-state index in [1.807, 2.05) is 23.9 Å². The third-order valence-corrected chi connectivity index (χ3v) is 4.45. The number of hydrogen-bond acceptors (Lipinski definition) is 3. The lowest BCUT2D eigenvalue weighted by Gasteiger charge is -2.15. The van der Waals surface area contributed by atoms with Gasteiger partial charge in [-0.2, -0.15) is 11.8 Å². The third-order valence-electron chi connectivity index (χ3n) is 3.06. The van der Waals surface area contributed by atoms with Crippen LogP contribution < -0.4 is 10.6 Å². The first-order chi connectivity index (χ1) is 9.20. The molecule has 19 heavy (non-hydrogen) atoms. The number of hydrogen-bond donors (Lipinski definition) is 2. The van der Waals surface area contributed by atoms with E-state index in [4.69, 9.17) is 11.6 Å². The number of carbonyl (C=O) groups is 1. The summed E-state index contributed by atoms with van der Waals surface area (Å²) in [5.41, 5.74) is 1.49. The fraction of sp³-hybridized carbons (Fsp3) is 0.500. The van der Waals surface area contributed by atoms with E-state index in [2.05, 4.69) is 17.6 Å². The molecule has 1 saturated heterocycles. The highest BCUT2D eigenvalue weighted by molar-refractivity contribution is 7.99. The number of carbonyl (C=O) groups excluding carboxylic acids is 1. The minimum absolute atomic E-state index is 0.0337. The molecule has 1 aromatic rings. The van der Waals surface area contributed by atoms with Gasteiger partial charge in [0.15, 0.2) is 0 Å². The second-order valence-corrected chi connectivity index (χ2v) is 6.24. The van der Waals surface area contributed by atoms with Crippen molar-refractivity contribution < 1.29 is 4.79 Å². The maximum absolute atomic E-state index is 12.3. The zero-order valence-electron chi connectivity index (χ0n) is 11.0. The van der Waals surface area contributed by atoms with E-state index in [-0.39, 0.29) is 11.9 Å². The average molecular weight is 299 g/mol. The van der Waals surface area contributed by atoms with Crippen molar-refractivity contribution in [3.63, 3.8) is 0 Å². The number of anilines is 1. The minimum Gasteiger partial charge on any atom is -0.384 e. The first kappa shape index (κ1) is 14.5. The van der Waals surface area contributed by atoms with E-state index >= 15 is 0 Å². The molecule has 1 atom stereocenters. The number of thioether (sulfide) groups is 1. The minimum atomic E-state index is -0.0337. The van der Waals surface area contributed by atoms with Crippen molar-refractivity contribution in [2.75, 3.05) is 23.4 Å². The first-order valence-corrected chi connectivity index (χ1v) is 8.16. The highest BCUT2D eigenvalue weighted by atomic mass is 35.5. The van der Waals surface area contributed by atoms with Crippen LogP contribution in [0.15, 0.2) is 18.2 Å². The van der Waals surface area contributed by atoms with Crippen LogP contribution in [0.3, 0.4) is 0 Å². The van der Waals surface area contributed by atoms with Gasteiger partial charge in [0.2, 0.25) is 0 Å². The summed E-state index contributed by atoms with van der Waals surface area (Å²) in [4.78, 5) is 12.3. The van der Waals surface area contributed by atoms with Crippen LogP contribution in [0.2, 0.25) is 5.02 Å². The molecule has 1 aliphatic rings. The van der Waals surface area contributed by atoms with Crippen LogP contribution in [0, 0.1) is 0 Å². The first-order valence-electron chi connectivity index (χ1n) is 6.62. The molecule has 1 heterocycles. The van der Waals surface area contributed by atoms with Crippen LogP contribution in [0.25, 0.3) is 0 Å². The maximum Gasteiger partial charge on any atom is 0.253 e. The number of rotatable bonds is 5. The smallest absolute Gasteiger partial charge is 0.253 e. The van der Waals surface area contributed by atoms with Crippen LogP contribution in [0.5, 0.6) is 0 Å². The van der Waals surface area contributed by atoms with E-state index in [1.54, 1.807) is 6.07 Å². The van der Waals surface area contributed by atoms with Crippen LogP contribution in [0.4, 0.5) is 5.69 Å². The molecular formula is C14H19ClN2OS. The van der Waals surface area contributed by atoms with Gasteiger partial charge in [-0.25, -0.2) is 0 Å². The summed E-state index contributed by atoms with van der Waals surface area (Å²) in [5.74, 6) is 2.10. The monoisotopic (exact) mass is 298 g/mol. The molecule has 0 saturated carbocycles. The summed E-state index contributed by atoms with van der Waals surface area (Å²) in [5, 5.41) is 6.94. The summed E-state index contributed by atoms with van der Waals surface area (Å²) in [6, 6.07) is 5.70. The standard InChI is InChI=1S/C14H19ClN2OS/c1-2-6-16-13-4-3-10(15)8-12(13)14(18)17-11-5-7-19-9-11/h3-4,8,11,16H,2,5-7,9H2,1H3,(H,17,18). The van der Waals surface area contributed by atoms with Crippen LogP contribution in [-0.2, 0) is 0 Å². The highest BCUT2D eigenvalue weighted by Crippen LogP contribution is 2.22. The Hall–Kier alpha value is -0.870. The summed E-state index contributed by atoms with van der Waals surface area (Å²) in [6.45, 7) is 2.94. The van der Waals surface area contributed by atoms with Gasteiger partial charge >= 0.3 is 0 Å². The normalized spacial score (nSPS) is 18.3. The summed E-state index contributed by atoms with van der Waals surface area (Å²) < 4.78 is 0. The van der Waals surface area contributed by atoms with Crippen molar-refractivity contribution in [1.29, 1.82) is 0 Å². The molecule has 2 N–H and O–H groups in total. The average Bonchev–Trinajstić information content (AvgIpc) is 2.90. The molecule has 1 fully saturated rings. The molecule has 0 aromatic heterocycles. The number of nitrogens with one attached hydrogen (secondary N) is 2. The van der Waals surface area contributed by atoms with E-state index < -0.39 is 0 Å². The van der Waals surface area contributed by atoms with Crippen molar-refractivity contribution in [3.05, 3.63) is 28.8 Å². The molecule has 3 nitrogen and oxygen atoms in total. The molecule has 0 spiro atoms. The highest BCUT2D eigenvalue weighted by Gasteiger charge is 2.20. The molecule has 0 bridgehead atoms. The van der Waals surface area contributed by atoms with Gasteiger partial charge in [0.05, 0.1) is 5.56 Å². The summed E-state index contributed by atoms with van der Waals surface area (Å²) in [6.07, 6.45) is 2.07. The lowest BCUT2D eigenvalue weighted by Crippen LogP contribution is -2.35. The zero-order chi connectivity index (χ0) is 13.7. The SMILES string of the molecule is CCCNc1ccc(Cl)cc1C(=O)NC1CCSC1. The Labute approximate surface area is 123 Å². The van der Waals surface area contributed by atoms with Crippen LogP contribution >= 0.6 is 23.4 Å². The van der Waals surface area contributed by atoms with Crippen molar-refractivity contribution in [3.8, 4) is 0 Å². The van der Waals surface area contributed by atoms with E-state index in [9.17, 15) is 4.79 Å². The van der Waals surface area contributed by atoms with Gasteiger partial charge in [0.25, 0.3) is 5.91 Å². The van der Waals surface area contributed by atoms with Gasteiger partial charge in [-0.15, -0.1) is 0 Å². The Morgan fingerprint density at radius 1 is 1.53 bits per heavy atom. The van der Waals surface area contributed by atoms with Gasteiger partial charge in [0.1, 0.15) is 0 Å². The fourth-order valence-corrected chi connectivity index (χ4v) is 3.35. The predicted molar refractivity (Wildman–Crippen MR) is 83.4 cm³/mol. The molecule has 1 aromatic carbocycles. The quantitative estimate of drug-likeness (QED) is 0.875. The maximum atomic E-state index is 12.3. The van der Waals surface area contributed by atoms with Crippen molar-refractivity contribution in [1.82, 2.24) is 5.32 Å². The van der Waals surface area contributed by atoms with Crippen LogP contribution in [0.1, 0.15) is 30.1 Å². The summed E-state index contributed by atoms with van der Waals surface area (Å²) >= 11 is 7.88. The Kier molecular flexibility index (Phi) is 5.40. The third kappa shape index (κ3) is 4.05. The molecular weight excluding hydrogens is 280 g/mol. The second-order valence-electron chi connectivity index (χ2n) is 4.65. The number of halogens is 1. The molecule has 0 radical (unpaired) electrons. The molecule has 1 unspecified atom stereocenters. The van der Waals surface area contributed by atoms with Gasteiger partial charge in [-0.1, -0.05) is 18.5 Å². The number of benzene rings is 1. The van der Waals surface area contributed by atoms with Crippen molar-refractivity contribution in [2.45, 2.75) is 25.8 Å². The Bertz CT molecular complexity index is 447. The Morgan fingerprint density at radius 2 is 2.37 bits per heavy atom. The summed E-state index contributed by atoms with van der Waals surface area (Å²) in [7, 11) is 0.